The lowest BCUT2D eigenvalue weighted by Gasteiger charge is -2.26. The average Bonchev–Trinajstić information content (AvgIpc) is 1.92. The van der Waals surface area contributed by atoms with Gasteiger partial charge >= 0.3 is 0 Å². The van der Waals surface area contributed by atoms with Crippen molar-refractivity contribution in [2.75, 3.05) is 0 Å². The highest BCUT2D eigenvalue weighted by Gasteiger charge is 2.26. The summed E-state index contributed by atoms with van der Waals surface area (Å²) in [5.74, 6) is 0. The van der Waals surface area contributed by atoms with E-state index in [9.17, 15) is 0 Å². The Kier molecular flexibility index (Phi) is 0.889. The van der Waals surface area contributed by atoms with E-state index in [-0.39, 0.29) is 0 Å². The maximum Gasteiger partial charge on any atom is 0.135 e. The molecule has 2 heterocycles. The van der Waals surface area contributed by atoms with E-state index in [0.717, 1.165) is 0 Å². The van der Waals surface area contributed by atoms with Crippen LogP contribution in [0.4, 0.5) is 0 Å². The largest absolute Gasteiger partial charge is 0.198 e. The van der Waals surface area contributed by atoms with E-state index in [0.29, 0.717) is 12.1 Å². The van der Waals surface area contributed by atoms with Gasteiger partial charge in [-0.1, -0.05) is 0 Å². The van der Waals surface area contributed by atoms with Gasteiger partial charge in [0.1, 0.15) is 12.1 Å². The molecule has 2 aliphatic heterocycles. The van der Waals surface area contributed by atoms with Crippen LogP contribution in [0.5, 0.6) is 0 Å². The van der Waals surface area contributed by atoms with Gasteiger partial charge in [0.25, 0.3) is 0 Å². The van der Waals surface area contributed by atoms with Crippen molar-refractivity contribution < 1.29 is 10.3 Å². The second-order valence-electron chi connectivity index (χ2n) is 2.44. The number of rotatable bonds is 0. The monoisotopic (exact) mass is 112 g/mol. The third kappa shape index (κ3) is 0.572. The molecule has 3 aliphatic rings. The molecule has 0 aromatic heterocycles. The summed E-state index contributed by atoms with van der Waals surface area (Å²) >= 11 is 0. The first kappa shape index (κ1) is 4.53. The summed E-state index contributed by atoms with van der Waals surface area (Å²) in [6.07, 6.45) is 7.32. The van der Waals surface area contributed by atoms with Gasteiger partial charge in [-0.3, -0.25) is 0 Å². The molecule has 44 valence electrons. The molecule has 2 unspecified atom stereocenters. The Bertz CT molecular complexity index is 99.7. The van der Waals surface area contributed by atoms with E-state index in [2.05, 4.69) is 12.2 Å². The molecule has 0 aromatic rings. The summed E-state index contributed by atoms with van der Waals surface area (Å²) < 4.78 is 0. The molecule has 2 bridgehead atoms. The lowest BCUT2D eigenvalue weighted by molar-refractivity contribution is -0.928. The second-order valence-corrected chi connectivity index (χ2v) is 2.44. The second kappa shape index (κ2) is 1.57. The van der Waals surface area contributed by atoms with Gasteiger partial charge in [0.05, 0.1) is 0 Å². The van der Waals surface area contributed by atoms with Gasteiger partial charge in [0.2, 0.25) is 0 Å². The van der Waals surface area contributed by atoms with Crippen LogP contribution in [0, 0.1) is 0 Å². The maximum absolute atomic E-state index is 5.27. The molecule has 2 atom stereocenters. The predicted octanol–water partition coefficient (Wildman–Crippen LogP) is -0.418. The van der Waals surface area contributed by atoms with Crippen LogP contribution >= 0.6 is 0 Å². The van der Waals surface area contributed by atoms with Gasteiger partial charge in [-0.25, -0.2) is 0 Å². The fraction of sp³-hybridized carbons (Fsp3) is 0.667. The molecular weight excluding hydrogens is 102 g/mol. The van der Waals surface area contributed by atoms with E-state index < -0.39 is 0 Å². The van der Waals surface area contributed by atoms with E-state index in [1.54, 1.807) is 0 Å². The molecule has 1 fully saturated rings. The smallest absolute Gasteiger partial charge is 0.135 e. The number of fused-ring (bicyclic) bond motifs is 2. The Morgan fingerprint density at radius 3 is 2.50 bits per heavy atom. The minimum Gasteiger partial charge on any atom is -0.198 e. The van der Waals surface area contributed by atoms with E-state index in [1.165, 1.54) is 12.8 Å². The van der Waals surface area contributed by atoms with Crippen LogP contribution in [-0.2, 0) is 4.84 Å². The lowest BCUT2D eigenvalue weighted by atomic mass is 10.00. The molecule has 2 heteroatoms. The number of nitrogens with two attached hydrogens (primary N) is 1. The summed E-state index contributed by atoms with van der Waals surface area (Å²) in [6, 6.07) is 0.625. The van der Waals surface area contributed by atoms with Crippen LogP contribution in [-0.4, -0.2) is 12.1 Å². The van der Waals surface area contributed by atoms with Gasteiger partial charge in [-0.15, -0.1) is 0 Å². The van der Waals surface area contributed by atoms with Gasteiger partial charge in [0.15, 0.2) is 0 Å². The highest BCUT2D eigenvalue weighted by molar-refractivity contribution is 5.00. The van der Waals surface area contributed by atoms with E-state index >= 15 is 0 Å². The Labute approximate surface area is 48.5 Å². The summed E-state index contributed by atoms with van der Waals surface area (Å²) in [4.78, 5) is 5.27. The highest BCUT2D eigenvalue weighted by atomic mass is 16.7. The molecule has 8 heavy (non-hydrogen) atoms. The molecule has 0 aromatic carbocycles. The van der Waals surface area contributed by atoms with E-state index in [1.807, 2.05) is 5.48 Å². The Morgan fingerprint density at radius 1 is 1.38 bits per heavy atom. The minimum atomic E-state index is 0.417. The molecule has 0 radical (unpaired) electrons. The van der Waals surface area contributed by atoms with Crippen LogP contribution in [0.2, 0.25) is 0 Å². The van der Waals surface area contributed by atoms with Crippen molar-refractivity contribution in [2.24, 2.45) is 0 Å². The van der Waals surface area contributed by atoms with Crippen molar-refractivity contribution in [3.63, 3.8) is 0 Å². The Balaban J connectivity index is 2.20. The number of hydroxylamine groups is 1. The molecule has 0 saturated carbocycles. The third-order valence-corrected chi connectivity index (χ3v) is 1.79. The van der Waals surface area contributed by atoms with Gasteiger partial charge < -0.3 is 0 Å². The summed E-state index contributed by atoms with van der Waals surface area (Å²) in [7, 11) is 0. The maximum atomic E-state index is 5.27. The van der Waals surface area contributed by atoms with Gasteiger partial charge in [0, 0.05) is 6.42 Å². The molecule has 3 rings (SSSR count). The van der Waals surface area contributed by atoms with Crippen LogP contribution in [0.1, 0.15) is 12.8 Å². The van der Waals surface area contributed by atoms with Crippen molar-refractivity contribution in [1.29, 1.82) is 0 Å². The fourth-order valence-corrected chi connectivity index (χ4v) is 1.24. The van der Waals surface area contributed by atoms with Crippen molar-refractivity contribution in [3.8, 4) is 0 Å². The zero-order chi connectivity index (χ0) is 5.40. The van der Waals surface area contributed by atoms with E-state index in [4.69, 9.17) is 4.84 Å². The Hall–Kier alpha value is -0.340. The summed E-state index contributed by atoms with van der Waals surface area (Å²) in [5, 5.41) is 0. The van der Waals surface area contributed by atoms with Gasteiger partial charge in [-0.05, 0) is 18.6 Å². The molecular formula is C6H10NO+. The summed E-state index contributed by atoms with van der Waals surface area (Å²) in [6.45, 7) is 0. The summed E-state index contributed by atoms with van der Waals surface area (Å²) in [5.41, 5.74) is 1.95. The third-order valence-electron chi connectivity index (χ3n) is 1.79. The van der Waals surface area contributed by atoms with Crippen LogP contribution < -0.4 is 5.48 Å². The molecule has 2 nitrogen and oxygen atoms in total. The highest BCUT2D eigenvalue weighted by Crippen LogP contribution is 2.13. The van der Waals surface area contributed by atoms with Crippen molar-refractivity contribution >= 4 is 0 Å². The average molecular weight is 112 g/mol. The molecule has 0 amide bonds. The van der Waals surface area contributed by atoms with Crippen molar-refractivity contribution in [2.45, 2.75) is 25.0 Å². The SMILES string of the molecule is C1=CC2CCC1[NH2+]O2. The molecule has 2 N–H and O–H groups in total. The minimum absolute atomic E-state index is 0.417. The van der Waals surface area contributed by atoms with Crippen molar-refractivity contribution in [3.05, 3.63) is 12.2 Å². The topological polar surface area (TPSA) is 25.8 Å². The normalized spacial score (nSPS) is 43.0. The lowest BCUT2D eigenvalue weighted by Crippen LogP contribution is -2.92. The first-order chi connectivity index (χ1) is 3.95. The molecule has 1 saturated heterocycles. The molecule has 1 aliphatic carbocycles. The predicted molar refractivity (Wildman–Crippen MR) is 29.0 cm³/mol. The van der Waals surface area contributed by atoms with Crippen LogP contribution in [0.15, 0.2) is 12.2 Å². The quantitative estimate of drug-likeness (QED) is 0.423. The first-order valence-corrected chi connectivity index (χ1v) is 3.12. The zero-order valence-corrected chi connectivity index (χ0v) is 4.71. The van der Waals surface area contributed by atoms with Gasteiger partial charge in [-0.2, -0.15) is 10.3 Å². The molecule has 0 spiro atoms. The number of quaternary nitrogens is 1. The standard InChI is InChI=1S/C6H9NO/c1-3-6-4-2-5(1)7-8-6/h1,3,5-7H,2,4H2/p+1. The first-order valence-electron chi connectivity index (χ1n) is 3.12. The number of hydrogen-bond acceptors (Lipinski definition) is 1. The fourth-order valence-electron chi connectivity index (χ4n) is 1.24. The zero-order valence-electron chi connectivity index (χ0n) is 4.71. The Morgan fingerprint density at radius 2 is 2.38 bits per heavy atom. The number of hydrogen-bond donors (Lipinski definition) is 1. The van der Waals surface area contributed by atoms with Crippen molar-refractivity contribution in [1.82, 2.24) is 0 Å². The van der Waals surface area contributed by atoms with Crippen LogP contribution in [0.25, 0.3) is 0 Å². The van der Waals surface area contributed by atoms with Crippen LogP contribution in [0.3, 0.4) is 0 Å².